The first-order chi connectivity index (χ1) is 19.4. The van der Waals surface area contributed by atoms with E-state index in [4.69, 9.17) is 9.47 Å². The van der Waals surface area contributed by atoms with E-state index >= 15 is 0 Å². The zero-order chi connectivity index (χ0) is 28.3. The lowest BCUT2D eigenvalue weighted by atomic mass is 9.90. The van der Waals surface area contributed by atoms with Crippen molar-refractivity contribution in [1.29, 1.82) is 0 Å². The number of nitrogens with one attached hydrogen (secondary N) is 2. The van der Waals surface area contributed by atoms with Crippen molar-refractivity contribution in [2.45, 2.75) is 5.92 Å². The van der Waals surface area contributed by atoms with Gasteiger partial charge in [0.05, 0.1) is 31.4 Å². The van der Waals surface area contributed by atoms with Crippen molar-refractivity contribution >= 4 is 39.9 Å². The first kappa shape index (κ1) is 28.3. The lowest BCUT2D eigenvalue weighted by Gasteiger charge is -2.17. The molecule has 0 bridgehead atoms. The smallest absolute Gasteiger partial charge is 0.343 e. The van der Waals surface area contributed by atoms with Crippen LogP contribution in [0.2, 0.25) is 0 Å². The van der Waals surface area contributed by atoms with Crippen molar-refractivity contribution in [3.63, 3.8) is 0 Å². The van der Waals surface area contributed by atoms with Gasteiger partial charge in [-0.2, -0.15) is 5.10 Å². The number of carbonyl (C=O) groups excluding carboxylic acids is 3. The van der Waals surface area contributed by atoms with Crippen LogP contribution in [0.25, 0.3) is 0 Å². The molecule has 0 aliphatic carbocycles. The van der Waals surface area contributed by atoms with Gasteiger partial charge in [0.25, 0.3) is 5.91 Å². The topological polar surface area (TPSA) is 106 Å². The summed E-state index contributed by atoms with van der Waals surface area (Å²) < 4.78 is 11.6. The quantitative estimate of drug-likeness (QED) is 0.114. The minimum Gasteiger partial charge on any atom is -0.493 e. The summed E-state index contributed by atoms with van der Waals surface area (Å²) in [6.07, 6.45) is 1.42. The molecular weight excluding hydrogens is 574 g/mol. The Morgan fingerprint density at radius 2 is 1.52 bits per heavy atom. The number of esters is 1. The van der Waals surface area contributed by atoms with Crippen LogP contribution < -0.4 is 20.2 Å². The molecular formula is C31H26BrN3O5. The van der Waals surface area contributed by atoms with Crippen molar-refractivity contribution < 1.29 is 23.9 Å². The lowest BCUT2D eigenvalue weighted by molar-refractivity contribution is -0.126. The molecule has 40 heavy (non-hydrogen) atoms. The lowest BCUT2D eigenvalue weighted by Crippen LogP contribution is -2.37. The van der Waals surface area contributed by atoms with E-state index in [1.807, 2.05) is 66.7 Å². The van der Waals surface area contributed by atoms with Crippen LogP contribution in [0.15, 0.2) is 113 Å². The first-order valence-electron chi connectivity index (χ1n) is 12.3. The summed E-state index contributed by atoms with van der Waals surface area (Å²) in [4.78, 5) is 37.9. The average molecular weight is 600 g/mol. The number of halogens is 1. The fourth-order valence-electron chi connectivity index (χ4n) is 3.90. The molecule has 2 N–H and O–H groups in total. The van der Waals surface area contributed by atoms with Gasteiger partial charge in [-0.1, -0.05) is 82.7 Å². The van der Waals surface area contributed by atoms with Crippen molar-refractivity contribution in [3.05, 3.63) is 130 Å². The van der Waals surface area contributed by atoms with Crippen LogP contribution in [0.1, 0.15) is 33.0 Å². The number of carbonyl (C=O) groups is 3. The molecule has 9 heteroatoms. The summed E-state index contributed by atoms with van der Waals surface area (Å²) >= 11 is 3.33. The summed E-state index contributed by atoms with van der Waals surface area (Å²) in [6, 6.07) is 30.5. The van der Waals surface area contributed by atoms with Gasteiger partial charge in [-0.15, -0.1) is 0 Å². The molecule has 8 nitrogen and oxygen atoms in total. The predicted octanol–water partition coefficient (Wildman–Crippen LogP) is 5.08. The summed E-state index contributed by atoms with van der Waals surface area (Å²) in [6.45, 7) is -0.250. The zero-order valence-electron chi connectivity index (χ0n) is 21.5. The van der Waals surface area contributed by atoms with E-state index < -0.39 is 17.8 Å². The van der Waals surface area contributed by atoms with Crippen LogP contribution in [-0.4, -0.2) is 37.7 Å². The molecule has 0 saturated heterocycles. The molecule has 2 amide bonds. The summed E-state index contributed by atoms with van der Waals surface area (Å²) in [5, 5.41) is 6.65. The maximum absolute atomic E-state index is 13.0. The van der Waals surface area contributed by atoms with Crippen molar-refractivity contribution in [2.75, 3.05) is 13.7 Å². The Bertz CT molecular complexity index is 1470. The van der Waals surface area contributed by atoms with Crippen molar-refractivity contribution in [2.24, 2.45) is 5.10 Å². The van der Waals surface area contributed by atoms with E-state index in [1.54, 1.807) is 36.4 Å². The third-order valence-corrected chi connectivity index (χ3v) is 6.30. The molecule has 0 atom stereocenters. The van der Waals surface area contributed by atoms with Crippen LogP contribution >= 0.6 is 15.9 Å². The molecule has 4 aromatic carbocycles. The van der Waals surface area contributed by atoms with Crippen LogP contribution in [0.3, 0.4) is 0 Å². The van der Waals surface area contributed by atoms with E-state index in [1.165, 1.54) is 13.3 Å². The number of methoxy groups -OCH3 is 1. The van der Waals surface area contributed by atoms with Gasteiger partial charge in [-0.3, -0.25) is 9.59 Å². The Kier molecular flexibility index (Phi) is 9.79. The Morgan fingerprint density at radius 3 is 2.15 bits per heavy atom. The predicted molar refractivity (Wildman–Crippen MR) is 156 cm³/mol. The Balaban J connectivity index is 1.34. The number of nitrogens with zero attached hydrogens (tertiary/aromatic N) is 1. The summed E-state index contributed by atoms with van der Waals surface area (Å²) in [5.41, 5.74) is 5.03. The van der Waals surface area contributed by atoms with Crippen LogP contribution in [0, 0.1) is 0 Å². The van der Waals surface area contributed by atoms with Gasteiger partial charge in [-0.05, 0) is 53.1 Å². The molecule has 202 valence electrons. The SMILES string of the molecule is COc1cc(C=NNC(=O)CNC(=O)C(c2ccccc2)c2ccccc2)ccc1OC(=O)c1cccc(Br)c1. The van der Waals surface area contributed by atoms with Gasteiger partial charge in [0.1, 0.15) is 0 Å². The van der Waals surface area contributed by atoms with Crippen molar-refractivity contribution in [3.8, 4) is 11.5 Å². The van der Waals surface area contributed by atoms with Gasteiger partial charge < -0.3 is 14.8 Å². The Hall–Kier alpha value is -4.76. The van der Waals surface area contributed by atoms with Gasteiger partial charge in [0, 0.05) is 4.47 Å². The first-order valence-corrected chi connectivity index (χ1v) is 13.1. The number of hydrogen-bond acceptors (Lipinski definition) is 6. The van der Waals surface area contributed by atoms with Gasteiger partial charge in [-0.25, -0.2) is 10.2 Å². The molecule has 0 radical (unpaired) electrons. The normalized spacial score (nSPS) is 10.8. The number of benzene rings is 4. The van der Waals surface area contributed by atoms with E-state index in [2.05, 4.69) is 31.8 Å². The third kappa shape index (κ3) is 7.64. The molecule has 0 fully saturated rings. The fourth-order valence-corrected chi connectivity index (χ4v) is 4.30. The minimum atomic E-state index is -0.554. The summed E-state index contributed by atoms with van der Waals surface area (Å²) in [7, 11) is 1.45. The molecule has 0 aliphatic heterocycles. The number of hydrazone groups is 1. The minimum absolute atomic E-state index is 0.239. The van der Waals surface area contributed by atoms with E-state index in [0.29, 0.717) is 16.9 Å². The Labute approximate surface area is 240 Å². The molecule has 0 saturated carbocycles. The fraction of sp³-hybridized carbons (Fsp3) is 0.0968. The maximum atomic E-state index is 13.0. The molecule has 0 unspecified atom stereocenters. The highest BCUT2D eigenvalue weighted by Crippen LogP contribution is 2.29. The Morgan fingerprint density at radius 1 is 0.850 bits per heavy atom. The highest BCUT2D eigenvalue weighted by atomic mass is 79.9. The summed E-state index contributed by atoms with van der Waals surface area (Å²) in [5.74, 6) is -1.31. The zero-order valence-corrected chi connectivity index (χ0v) is 23.1. The second-order valence-corrected chi connectivity index (χ2v) is 9.49. The van der Waals surface area contributed by atoms with Gasteiger partial charge in [0.2, 0.25) is 5.91 Å². The molecule has 0 spiro atoms. The molecule has 4 rings (SSSR count). The molecule has 0 heterocycles. The van der Waals surface area contributed by atoms with E-state index in [-0.39, 0.29) is 18.2 Å². The largest absolute Gasteiger partial charge is 0.493 e. The highest BCUT2D eigenvalue weighted by Gasteiger charge is 2.22. The molecule has 0 aliphatic rings. The monoisotopic (exact) mass is 599 g/mol. The highest BCUT2D eigenvalue weighted by molar-refractivity contribution is 9.10. The number of rotatable bonds is 10. The maximum Gasteiger partial charge on any atom is 0.343 e. The van der Waals surface area contributed by atoms with Gasteiger partial charge >= 0.3 is 5.97 Å². The van der Waals surface area contributed by atoms with Gasteiger partial charge in [0.15, 0.2) is 11.5 Å². The van der Waals surface area contributed by atoms with Crippen LogP contribution in [0.5, 0.6) is 11.5 Å². The standard InChI is InChI=1S/C31H26BrN3O5/c1-39-27-17-21(15-16-26(27)40-31(38)24-13-8-14-25(32)18-24)19-34-35-28(36)20-33-30(37)29(22-9-4-2-5-10-22)23-11-6-3-7-12-23/h2-19,29H,20H2,1H3,(H,33,37)(H,35,36). The average Bonchev–Trinajstić information content (AvgIpc) is 2.98. The van der Waals surface area contributed by atoms with E-state index in [0.717, 1.165) is 15.6 Å². The van der Waals surface area contributed by atoms with E-state index in [9.17, 15) is 14.4 Å². The third-order valence-electron chi connectivity index (χ3n) is 5.80. The second kappa shape index (κ2) is 13.9. The molecule has 4 aromatic rings. The molecule has 0 aromatic heterocycles. The van der Waals surface area contributed by atoms with Crippen LogP contribution in [0.4, 0.5) is 0 Å². The number of ether oxygens (including phenoxy) is 2. The second-order valence-electron chi connectivity index (χ2n) is 8.58. The van der Waals surface area contributed by atoms with Crippen molar-refractivity contribution in [1.82, 2.24) is 10.7 Å². The van der Waals surface area contributed by atoms with Crippen LogP contribution in [-0.2, 0) is 9.59 Å². The number of hydrogen-bond donors (Lipinski definition) is 2. The number of amides is 2.